The Morgan fingerprint density at radius 2 is 1.45 bits per heavy atom. The van der Waals surface area contributed by atoms with Gasteiger partial charge >= 0.3 is 0 Å². The van der Waals surface area contributed by atoms with Gasteiger partial charge in [0.15, 0.2) is 0 Å². The molecule has 2 aromatic rings. The van der Waals surface area contributed by atoms with Gasteiger partial charge in [0, 0.05) is 11.7 Å². The van der Waals surface area contributed by atoms with Crippen LogP contribution in [0.3, 0.4) is 0 Å². The molecule has 0 saturated heterocycles. The van der Waals surface area contributed by atoms with Gasteiger partial charge in [-0.05, 0) is 31.5 Å². The zero-order valence-corrected chi connectivity index (χ0v) is 11.8. The molecule has 2 aromatic carbocycles. The number of carbonyl (C=O) groups is 1. The first-order chi connectivity index (χ1) is 9.66. The maximum Gasteiger partial charge on any atom is 0.241 e. The van der Waals surface area contributed by atoms with Crippen molar-refractivity contribution in [2.75, 3.05) is 5.32 Å². The third-order valence-electron chi connectivity index (χ3n) is 3.23. The van der Waals surface area contributed by atoms with Gasteiger partial charge in [0.05, 0.1) is 6.04 Å². The van der Waals surface area contributed by atoms with Crippen LogP contribution in [0.15, 0.2) is 60.7 Å². The predicted octanol–water partition coefficient (Wildman–Crippen LogP) is 3.36. The van der Waals surface area contributed by atoms with Crippen LogP contribution < -0.4 is 10.6 Å². The first-order valence-corrected chi connectivity index (χ1v) is 6.83. The molecule has 2 atom stereocenters. The van der Waals surface area contributed by atoms with Crippen LogP contribution in [-0.2, 0) is 4.79 Å². The normalized spacial score (nSPS) is 13.5. The van der Waals surface area contributed by atoms with Gasteiger partial charge in [0.2, 0.25) is 5.91 Å². The second-order valence-corrected chi connectivity index (χ2v) is 4.88. The van der Waals surface area contributed by atoms with Crippen molar-refractivity contribution in [3.63, 3.8) is 0 Å². The molecule has 0 aromatic heterocycles. The van der Waals surface area contributed by atoms with Crippen LogP contribution in [0.2, 0.25) is 0 Å². The summed E-state index contributed by atoms with van der Waals surface area (Å²) in [5.41, 5.74) is 1.99. The number of anilines is 1. The van der Waals surface area contributed by atoms with Crippen LogP contribution in [-0.4, -0.2) is 11.9 Å². The molecule has 0 heterocycles. The summed E-state index contributed by atoms with van der Waals surface area (Å²) in [5, 5.41) is 6.20. The molecule has 3 nitrogen and oxygen atoms in total. The molecule has 2 rings (SSSR count). The van der Waals surface area contributed by atoms with Gasteiger partial charge in [-0.1, -0.05) is 48.5 Å². The molecule has 0 radical (unpaired) electrons. The zero-order chi connectivity index (χ0) is 14.4. The molecule has 104 valence electrons. The molecule has 20 heavy (non-hydrogen) atoms. The van der Waals surface area contributed by atoms with E-state index in [1.807, 2.05) is 55.5 Å². The fourth-order valence-electron chi connectivity index (χ4n) is 2.06. The van der Waals surface area contributed by atoms with Crippen molar-refractivity contribution in [1.82, 2.24) is 5.32 Å². The number of hydrogen-bond donors (Lipinski definition) is 2. The average molecular weight is 268 g/mol. The fourth-order valence-corrected chi connectivity index (χ4v) is 2.06. The lowest BCUT2D eigenvalue weighted by Crippen LogP contribution is -2.39. The number of amides is 1. The molecule has 0 fully saturated rings. The number of hydrogen-bond acceptors (Lipinski definition) is 2. The molecular formula is C17H20N2O. The van der Waals surface area contributed by atoms with Gasteiger partial charge < -0.3 is 5.32 Å². The Hall–Kier alpha value is -2.13. The maximum atomic E-state index is 12.1. The predicted molar refractivity (Wildman–Crippen MR) is 82.5 cm³/mol. The number of carbonyl (C=O) groups excluding carboxylic acids is 1. The van der Waals surface area contributed by atoms with Crippen LogP contribution in [0.4, 0.5) is 5.69 Å². The lowest BCUT2D eigenvalue weighted by atomic mass is 10.1. The first kappa shape index (κ1) is 14.3. The second-order valence-electron chi connectivity index (χ2n) is 4.88. The van der Waals surface area contributed by atoms with Gasteiger partial charge in [-0.2, -0.15) is 0 Å². The molecule has 0 spiro atoms. The highest BCUT2D eigenvalue weighted by Gasteiger charge is 2.16. The average Bonchev–Trinajstić information content (AvgIpc) is 2.49. The van der Waals surface area contributed by atoms with Crippen LogP contribution in [0.25, 0.3) is 0 Å². The van der Waals surface area contributed by atoms with Gasteiger partial charge in [0.1, 0.15) is 0 Å². The minimum Gasteiger partial charge on any atom is -0.325 e. The van der Waals surface area contributed by atoms with E-state index in [2.05, 4.69) is 29.7 Å². The van der Waals surface area contributed by atoms with Crippen LogP contribution in [0.1, 0.15) is 25.5 Å². The molecule has 0 aliphatic heterocycles. The van der Waals surface area contributed by atoms with Crippen molar-refractivity contribution in [3.8, 4) is 0 Å². The van der Waals surface area contributed by atoms with Crippen molar-refractivity contribution in [3.05, 3.63) is 66.2 Å². The molecule has 0 saturated carbocycles. The van der Waals surface area contributed by atoms with Gasteiger partial charge in [-0.3, -0.25) is 10.1 Å². The highest BCUT2D eigenvalue weighted by molar-refractivity contribution is 5.94. The Kier molecular flexibility index (Phi) is 4.91. The molecular weight excluding hydrogens is 248 g/mol. The topological polar surface area (TPSA) is 41.1 Å². The standard InChI is InChI=1S/C17H20N2O/c1-13(15-9-5-3-6-10-15)18-14(2)17(20)19-16-11-7-4-8-12-16/h3-14,18H,1-2H3,(H,19,20)/t13-,14?/m0/s1. The van der Waals surface area contributed by atoms with Gasteiger partial charge in [0.25, 0.3) is 0 Å². The van der Waals surface area contributed by atoms with E-state index in [-0.39, 0.29) is 18.0 Å². The summed E-state index contributed by atoms with van der Waals surface area (Å²) in [5.74, 6) is -0.0287. The maximum absolute atomic E-state index is 12.1. The van der Waals surface area contributed by atoms with E-state index in [0.29, 0.717) is 0 Å². The van der Waals surface area contributed by atoms with E-state index in [1.54, 1.807) is 0 Å². The Morgan fingerprint density at radius 3 is 2.05 bits per heavy atom. The third-order valence-corrected chi connectivity index (χ3v) is 3.23. The zero-order valence-electron chi connectivity index (χ0n) is 11.8. The number of para-hydroxylation sites is 1. The Labute approximate surface area is 120 Å². The number of benzene rings is 2. The second kappa shape index (κ2) is 6.87. The summed E-state index contributed by atoms with van der Waals surface area (Å²) in [7, 11) is 0. The van der Waals surface area contributed by atoms with Gasteiger partial charge in [-0.15, -0.1) is 0 Å². The quantitative estimate of drug-likeness (QED) is 0.873. The largest absolute Gasteiger partial charge is 0.325 e. The smallest absolute Gasteiger partial charge is 0.241 e. The molecule has 0 aliphatic rings. The van der Waals surface area contributed by atoms with Crippen molar-refractivity contribution in [2.45, 2.75) is 25.9 Å². The molecule has 2 N–H and O–H groups in total. The lowest BCUT2D eigenvalue weighted by molar-refractivity contribution is -0.117. The van der Waals surface area contributed by atoms with Crippen molar-refractivity contribution in [1.29, 1.82) is 0 Å². The molecule has 3 heteroatoms. The van der Waals surface area contributed by atoms with Crippen molar-refractivity contribution < 1.29 is 4.79 Å². The van der Waals surface area contributed by atoms with E-state index in [1.165, 1.54) is 5.56 Å². The van der Waals surface area contributed by atoms with E-state index in [0.717, 1.165) is 5.69 Å². The van der Waals surface area contributed by atoms with Crippen LogP contribution >= 0.6 is 0 Å². The number of rotatable bonds is 5. The highest BCUT2D eigenvalue weighted by Crippen LogP contribution is 2.12. The summed E-state index contributed by atoms with van der Waals surface area (Å²) in [6.07, 6.45) is 0. The fraction of sp³-hybridized carbons (Fsp3) is 0.235. The molecule has 1 amide bonds. The van der Waals surface area contributed by atoms with Crippen molar-refractivity contribution >= 4 is 11.6 Å². The minimum atomic E-state index is -0.259. The van der Waals surface area contributed by atoms with E-state index in [9.17, 15) is 4.79 Å². The minimum absolute atomic E-state index is 0.0287. The monoisotopic (exact) mass is 268 g/mol. The van der Waals surface area contributed by atoms with Crippen LogP contribution in [0.5, 0.6) is 0 Å². The first-order valence-electron chi connectivity index (χ1n) is 6.83. The molecule has 0 aliphatic carbocycles. The van der Waals surface area contributed by atoms with E-state index in [4.69, 9.17) is 0 Å². The van der Waals surface area contributed by atoms with Gasteiger partial charge in [-0.25, -0.2) is 0 Å². The lowest BCUT2D eigenvalue weighted by Gasteiger charge is -2.20. The van der Waals surface area contributed by atoms with E-state index >= 15 is 0 Å². The van der Waals surface area contributed by atoms with Crippen LogP contribution in [0, 0.1) is 0 Å². The SMILES string of the molecule is CC(N[C@@H](C)c1ccccc1)C(=O)Nc1ccccc1. The van der Waals surface area contributed by atoms with E-state index < -0.39 is 0 Å². The highest BCUT2D eigenvalue weighted by atomic mass is 16.2. The summed E-state index contributed by atoms with van der Waals surface area (Å²) in [4.78, 5) is 12.1. The summed E-state index contributed by atoms with van der Waals surface area (Å²) in [6.45, 7) is 3.93. The summed E-state index contributed by atoms with van der Waals surface area (Å²) < 4.78 is 0. The summed E-state index contributed by atoms with van der Waals surface area (Å²) >= 11 is 0. The number of nitrogens with one attached hydrogen (secondary N) is 2. The summed E-state index contributed by atoms with van der Waals surface area (Å²) in [6, 6.07) is 19.5. The third kappa shape index (κ3) is 3.93. The Morgan fingerprint density at radius 1 is 0.900 bits per heavy atom. The Bertz CT molecular complexity index is 539. The molecule has 0 bridgehead atoms. The Balaban J connectivity index is 1.91. The molecule has 1 unspecified atom stereocenters. The van der Waals surface area contributed by atoms with Crippen molar-refractivity contribution in [2.24, 2.45) is 0 Å².